The van der Waals surface area contributed by atoms with Crippen LogP contribution in [0.4, 0.5) is 0 Å². The zero-order chi connectivity index (χ0) is 20.5. The van der Waals surface area contributed by atoms with Crippen molar-refractivity contribution in [2.75, 3.05) is 0 Å². The minimum Gasteiger partial charge on any atom is -0.287 e. The molecule has 2 heterocycles. The number of aromatic nitrogens is 4. The number of carbonyl (C=O) groups is 2. The molecule has 0 aliphatic heterocycles. The second-order valence-electron chi connectivity index (χ2n) is 6.80. The second kappa shape index (κ2) is 7.25. The van der Waals surface area contributed by atoms with Gasteiger partial charge in [-0.15, -0.1) is 10.2 Å². The van der Waals surface area contributed by atoms with Crippen molar-refractivity contribution in [3.8, 4) is 0 Å². The molecule has 142 valence electrons. The normalized spacial score (nSPS) is 10.9. The van der Waals surface area contributed by atoms with Crippen LogP contribution in [-0.2, 0) is 0 Å². The zero-order valence-electron chi connectivity index (χ0n) is 15.7. The fourth-order valence-electron chi connectivity index (χ4n) is 3.47. The number of rotatable bonds is 4. The van der Waals surface area contributed by atoms with Crippen LogP contribution in [0.1, 0.15) is 32.1 Å². The number of benzene rings is 3. The van der Waals surface area contributed by atoms with E-state index in [0.717, 1.165) is 10.8 Å². The highest BCUT2D eigenvalue weighted by Crippen LogP contribution is 2.21. The Kier molecular flexibility index (Phi) is 4.29. The first-order valence-electron chi connectivity index (χ1n) is 9.33. The second-order valence-corrected chi connectivity index (χ2v) is 6.80. The van der Waals surface area contributed by atoms with Gasteiger partial charge < -0.3 is 0 Å². The molecule has 0 atom stereocenters. The fourth-order valence-corrected chi connectivity index (χ4v) is 3.47. The third kappa shape index (κ3) is 3.00. The maximum absolute atomic E-state index is 13.1. The predicted octanol–water partition coefficient (Wildman–Crippen LogP) is 4.04. The van der Waals surface area contributed by atoms with Gasteiger partial charge in [-0.25, -0.2) is 0 Å². The Labute approximate surface area is 171 Å². The van der Waals surface area contributed by atoms with Gasteiger partial charge in [0.25, 0.3) is 0 Å². The summed E-state index contributed by atoms with van der Waals surface area (Å²) in [5.74, 6) is -0.587. The Morgan fingerprint density at radius 1 is 0.567 bits per heavy atom. The quantitative estimate of drug-likeness (QED) is 0.431. The molecule has 0 saturated heterocycles. The largest absolute Gasteiger partial charge is 0.287 e. The Balaban J connectivity index is 1.57. The molecule has 0 spiro atoms. The van der Waals surface area contributed by atoms with Crippen molar-refractivity contribution in [3.63, 3.8) is 0 Å². The van der Waals surface area contributed by atoms with Crippen LogP contribution in [0.25, 0.3) is 21.5 Å². The first-order chi connectivity index (χ1) is 14.7. The molecule has 0 saturated carbocycles. The lowest BCUT2D eigenvalue weighted by atomic mass is 9.98. The summed E-state index contributed by atoms with van der Waals surface area (Å²) in [7, 11) is 0. The van der Waals surface area contributed by atoms with E-state index in [-0.39, 0.29) is 23.0 Å². The zero-order valence-corrected chi connectivity index (χ0v) is 15.7. The molecule has 0 unspecified atom stereocenters. The maximum atomic E-state index is 13.1. The maximum Gasteiger partial charge on any atom is 0.213 e. The first-order valence-corrected chi connectivity index (χ1v) is 9.33. The molecule has 0 aliphatic carbocycles. The van der Waals surface area contributed by atoms with E-state index in [0.29, 0.717) is 21.9 Å². The van der Waals surface area contributed by atoms with E-state index in [4.69, 9.17) is 0 Å². The van der Waals surface area contributed by atoms with Crippen LogP contribution in [0.5, 0.6) is 0 Å². The average Bonchev–Trinajstić information content (AvgIpc) is 2.82. The van der Waals surface area contributed by atoms with Gasteiger partial charge in [0.15, 0.2) is 0 Å². The topological polar surface area (TPSA) is 85.7 Å². The molecule has 0 aliphatic rings. The lowest BCUT2D eigenvalue weighted by molar-refractivity contribution is 0.103. The Bertz CT molecular complexity index is 1330. The summed E-state index contributed by atoms with van der Waals surface area (Å²) in [5.41, 5.74) is 1.23. The van der Waals surface area contributed by atoms with E-state index in [9.17, 15) is 9.59 Å². The molecular formula is C24H14N4O2. The summed E-state index contributed by atoms with van der Waals surface area (Å²) in [6.07, 6.45) is 3.23. The van der Waals surface area contributed by atoms with Gasteiger partial charge in [0.1, 0.15) is 11.4 Å². The molecule has 0 fully saturated rings. The van der Waals surface area contributed by atoms with Crippen LogP contribution >= 0.6 is 0 Å². The monoisotopic (exact) mass is 390 g/mol. The molecule has 0 N–H and O–H groups in total. The van der Waals surface area contributed by atoms with Gasteiger partial charge in [0.05, 0.1) is 12.4 Å². The van der Waals surface area contributed by atoms with Crippen molar-refractivity contribution in [3.05, 3.63) is 108 Å². The highest BCUT2D eigenvalue weighted by molar-refractivity contribution is 6.18. The van der Waals surface area contributed by atoms with Crippen molar-refractivity contribution in [1.82, 2.24) is 20.4 Å². The van der Waals surface area contributed by atoms with Gasteiger partial charge in [0.2, 0.25) is 11.6 Å². The molecule has 3 aromatic carbocycles. The summed E-state index contributed by atoms with van der Waals surface area (Å²) in [5, 5.41) is 19.1. The Morgan fingerprint density at radius 3 is 1.53 bits per heavy atom. The summed E-state index contributed by atoms with van der Waals surface area (Å²) in [4.78, 5) is 26.3. The molecule has 0 amide bonds. The molecule has 30 heavy (non-hydrogen) atoms. The van der Waals surface area contributed by atoms with Crippen molar-refractivity contribution in [1.29, 1.82) is 0 Å². The van der Waals surface area contributed by atoms with Crippen molar-refractivity contribution in [2.45, 2.75) is 0 Å². The van der Waals surface area contributed by atoms with Crippen LogP contribution in [0.15, 0.2) is 85.2 Å². The van der Waals surface area contributed by atoms with E-state index >= 15 is 0 Å². The lowest BCUT2D eigenvalue weighted by Crippen LogP contribution is -2.10. The highest BCUT2D eigenvalue weighted by atomic mass is 16.1. The molecule has 2 aromatic heterocycles. The Morgan fingerprint density at radius 2 is 1.03 bits per heavy atom. The van der Waals surface area contributed by atoms with Gasteiger partial charge in [-0.05, 0) is 6.07 Å². The van der Waals surface area contributed by atoms with Crippen molar-refractivity contribution < 1.29 is 9.59 Å². The molecule has 0 bridgehead atoms. The van der Waals surface area contributed by atoms with Crippen LogP contribution in [0.3, 0.4) is 0 Å². The molecule has 5 aromatic rings. The minimum atomic E-state index is -0.294. The van der Waals surface area contributed by atoms with Gasteiger partial charge in [-0.2, -0.15) is 10.2 Å². The van der Waals surface area contributed by atoms with Crippen molar-refractivity contribution >= 4 is 33.1 Å². The number of nitrogens with zero attached hydrogens (tertiary/aromatic N) is 4. The summed E-state index contributed by atoms with van der Waals surface area (Å²) in [6.45, 7) is 0. The van der Waals surface area contributed by atoms with E-state index in [2.05, 4.69) is 20.4 Å². The lowest BCUT2D eigenvalue weighted by Gasteiger charge is -2.07. The van der Waals surface area contributed by atoms with Gasteiger partial charge >= 0.3 is 0 Å². The molecule has 6 nitrogen and oxygen atoms in total. The number of fused-ring (bicyclic) bond motifs is 2. The predicted molar refractivity (Wildman–Crippen MR) is 112 cm³/mol. The first kappa shape index (κ1) is 17.8. The van der Waals surface area contributed by atoms with E-state index in [1.54, 1.807) is 36.7 Å². The summed E-state index contributed by atoms with van der Waals surface area (Å²) in [6, 6.07) is 21.4. The molecule has 0 radical (unpaired) electrons. The summed E-state index contributed by atoms with van der Waals surface area (Å²) >= 11 is 0. The van der Waals surface area contributed by atoms with E-state index in [1.807, 2.05) is 48.5 Å². The molecular weight excluding hydrogens is 376 g/mol. The van der Waals surface area contributed by atoms with Crippen LogP contribution in [0.2, 0.25) is 0 Å². The smallest absolute Gasteiger partial charge is 0.213 e. The summed E-state index contributed by atoms with van der Waals surface area (Å²) < 4.78 is 0. The van der Waals surface area contributed by atoms with Crippen LogP contribution < -0.4 is 0 Å². The number of carbonyl (C=O) groups excluding carboxylic acids is 2. The SMILES string of the molecule is O=C(c1cccc(C(=O)c2nncc3ccccc23)c1)c1nncc2ccccc12. The fraction of sp³-hybridized carbons (Fsp3) is 0. The van der Waals surface area contributed by atoms with Crippen LogP contribution in [-0.4, -0.2) is 32.0 Å². The number of hydrogen-bond donors (Lipinski definition) is 0. The average molecular weight is 390 g/mol. The van der Waals surface area contributed by atoms with E-state index in [1.165, 1.54) is 0 Å². The van der Waals surface area contributed by atoms with Gasteiger partial charge in [-0.1, -0.05) is 66.7 Å². The number of hydrogen-bond acceptors (Lipinski definition) is 6. The third-order valence-electron chi connectivity index (χ3n) is 4.96. The third-order valence-corrected chi connectivity index (χ3v) is 4.96. The number of ketones is 2. The Hall–Kier alpha value is -4.32. The van der Waals surface area contributed by atoms with E-state index < -0.39 is 0 Å². The highest BCUT2D eigenvalue weighted by Gasteiger charge is 2.19. The minimum absolute atomic E-state index is 0.252. The van der Waals surface area contributed by atoms with Crippen LogP contribution in [0, 0.1) is 0 Å². The molecule has 6 heteroatoms. The van der Waals surface area contributed by atoms with Crippen molar-refractivity contribution in [2.24, 2.45) is 0 Å². The van der Waals surface area contributed by atoms with Gasteiger partial charge in [0, 0.05) is 32.7 Å². The molecule has 5 rings (SSSR count). The van der Waals surface area contributed by atoms with Gasteiger partial charge in [-0.3, -0.25) is 9.59 Å². The standard InChI is InChI=1S/C24H14N4O2/c29-23(21-19-10-3-1-6-17(19)13-25-27-21)15-8-5-9-16(12-15)24(30)22-20-11-4-2-7-18(20)14-26-28-22/h1-14H.